The minimum Gasteiger partial charge on any atom is -0.321 e. The van der Waals surface area contributed by atoms with Gasteiger partial charge in [-0.05, 0) is 23.5 Å². The lowest BCUT2D eigenvalue weighted by Gasteiger charge is -2.15. The van der Waals surface area contributed by atoms with Crippen molar-refractivity contribution in [2.24, 2.45) is 11.1 Å². The van der Waals surface area contributed by atoms with E-state index in [9.17, 15) is 10.1 Å². The fourth-order valence-electron chi connectivity index (χ4n) is 2.08. The average Bonchev–Trinajstić information content (AvgIpc) is 2.66. The summed E-state index contributed by atoms with van der Waals surface area (Å²) < 4.78 is 0.698. The van der Waals surface area contributed by atoms with E-state index in [2.05, 4.69) is 29.8 Å². The van der Waals surface area contributed by atoms with Crippen LogP contribution in [0, 0.1) is 15.5 Å². The highest BCUT2D eigenvalue weighted by Crippen LogP contribution is 2.60. The maximum absolute atomic E-state index is 10.8. The van der Waals surface area contributed by atoms with E-state index in [0.717, 1.165) is 12.0 Å². The van der Waals surface area contributed by atoms with Gasteiger partial charge in [0, 0.05) is 22.1 Å². The van der Waals surface area contributed by atoms with E-state index < -0.39 is 10.5 Å². The van der Waals surface area contributed by atoms with Gasteiger partial charge in [-0.25, -0.2) is 0 Å². The van der Waals surface area contributed by atoms with Gasteiger partial charge in [0.1, 0.15) is 0 Å². The molecule has 2 rings (SSSR count). The van der Waals surface area contributed by atoms with Crippen molar-refractivity contribution in [3.05, 3.63) is 38.3 Å². The normalized spacial score (nSPS) is 26.5. The summed E-state index contributed by atoms with van der Waals surface area (Å²) in [5, 5.41) is 10.8. The summed E-state index contributed by atoms with van der Waals surface area (Å²) in [6, 6.07) is 4.92. The van der Waals surface area contributed by atoms with E-state index in [4.69, 9.17) is 5.73 Å². The molecule has 0 bridgehead atoms. The van der Waals surface area contributed by atoms with Crippen LogP contribution in [0.1, 0.15) is 25.8 Å². The summed E-state index contributed by atoms with van der Waals surface area (Å²) in [4.78, 5) is 10.4. The summed E-state index contributed by atoms with van der Waals surface area (Å²) in [5.41, 5.74) is 6.74. The molecule has 5 heteroatoms. The number of halogens is 1. The number of nitro benzene ring substituents is 1. The van der Waals surface area contributed by atoms with Gasteiger partial charge in [-0.2, -0.15) is 0 Å². The van der Waals surface area contributed by atoms with Crippen LogP contribution < -0.4 is 5.73 Å². The molecule has 1 fully saturated rings. The van der Waals surface area contributed by atoms with Crippen LogP contribution in [0.25, 0.3) is 0 Å². The molecule has 0 aliphatic heterocycles. The first-order valence-corrected chi connectivity index (χ1v) is 5.80. The van der Waals surface area contributed by atoms with Crippen molar-refractivity contribution >= 4 is 21.6 Å². The molecular formula is C11H13BrN2O2. The first-order valence-electron chi connectivity index (χ1n) is 5.01. The monoisotopic (exact) mass is 284 g/mol. The lowest BCUT2D eigenvalue weighted by atomic mass is 9.97. The molecule has 0 spiro atoms. The molecule has 1 saturated carbocycles. The lowest BCUT2D eigenvalue weighted by molar-refractivity contribution is -0.385. The van der Waals surface area contributed by atoms with Crippen LogP contribution in [0.2, 0.25) is 0 Å². The van der Waals surface area contributed by atoms with Gasteiger partial charge < -0.3 is 5.73 Å². The molecule has 0 amide bonds. The minimum atomic E-state index is -0.429. The van der Waals surface area contributed by atoms with Crippen molar-refractivity contribution in [3.8, 4) is 0 Å². The van der Waals surface area contributed by atoms with Gasteiger partial charge in [0.05, 0.1) is 4.92 Å². The fourth-order valence-corrected chi connectivity index (χ4v) is 2.56. The van der Waals surface area contributed by atoms with Crippen molar-refractivity contribution in [1.29, 1.82) is 0 Å². The molecule has 1 atom stereocenters. The molecule has 0 aromatic heterocycles. The molecule has 1 unspecified atom stereocenters. The number of benzene rings is 1. The number of non-ortho nitro benzene ring substituents is 1. The fraction of sp³-hybridized carbons (Fsp3) is 0.455. The smallest absolute Gasteiger partial charge is 0.270 e. The Morgan fingerprint density at radius 2 is 2.00 bits per heavy atom. The van der Waals surface area contributed by atoms with Gasteiger partial charge in [-0.15, -0.1) is 0 Å². The summed E-state index contributed by atoms with van der Waals surface area (Å²) in [6.07, 6.45) is 0.855. The molecule has 0 radical (unpaired) electrons. The van der Waals surface area contributed by atoms with Gasteiger partial charge >= 0.3 is 0 Å². The van der Waals surface area contributed by atoms with E-state index in [1.165, 1.54) is 6.07 Å². The molecule has 0 saturated heterocycles. The molecule has 16 heavy (non-hydrogen) atoms. The van der Waals surface area contributed by atoms with E-state index in [1.807, 2.05) is 6.07 Å². The van der Waals surface area contributed by atoms with E-state index >= 15 is 0 Å². The Kier molecular flexibility index (Phi) is 2.36. The van der Waals surface area contributed by atoms with Crippen molar-refractivity contribution in [1.82, 2.24) is 0 Å². The third kappa shape index (κ3) is 1.64. The van der Waals surface area contributed by atoms with Crippen LogP contribution in [0.15, 0.2) is 22.7 Å². The second-order valence-electron chi connectivity index (χ2n) is 4.99. The highest BCUT2D eigenvalue weighted by molar-refractivity contribution is 9.10. The zero-order valence-electron chi connectivity index (χ0n) is 9.16. The average molecular weight is 285 g/mol. The van der Waals surface area contributed by atoms with Crippen molar-refractivity contribution in [3.63, 3.8) is 0 Å². The number of nitro groups is 1. The number of nitrogens with zero attached hydrogens (tertiary/aromatic N) is 1. The van der Waals surface area contributed by atoms with Gasteiger partial charge in [-0.3, -0.25) is 10.1 Å². The molecule has 1 aromatic carbocycles. The first kappa shape index (κ1) is 11.5. The Labute approximate surface area is 102 Å². The molecule has 4 nitrogen and oxygen atoms in total. The van der Waals surface area contributed by atoms with Gasteiger partial charge in [0.2, 0.25) is 0 Å². The largest absolute Gasteiger partial charge is 0.321 e. The lowest BCUT2D eigenvalue weighted by Crippen LogP contribution is -2.25. The summed E-state index contributed by atoms with van der Waals surface area (Å²) in [5.74, 6) is 0. The summed E-state index contributed by atoms with van der Waals surface area (Å²) in [7, 11) is 0. The molecular weight excluding hydrogens is 272 g/mol. The SMILES string of the molecule is CC1(C)CC1(N)c1cc(Br)cc([N+](=O)[O-])c1. The quantitative estimate of drug-likeness (QED) is 0.671. The van der Waals surface area contributed by atoms with Crippen LogP contribution in [0.5, 0.6) is 0 Å². The Bertz CT molecular complexity index is 473. The summed E-state index contributed by atoms with van der Waals surface area (Å²) >= 11 is 3.28. The van der Waals surface area contributed by atoms with Gasteiger partial charge in [0.25, 0.3) is 5.69 Å². The Balaban J connectivity index is 2.48. The number of nitrogens with two attached hydrogens (primary N) is 1. The van der Waals surface area contributed by atoms with E-state index in [0.29, 0.717) is 4.47 Å². The van der Waals surface area contributed by atoms with Crippen molar-refractivity contribution in [2.45, 2.75) is 25.8 Å². The van der Waals surface area contributed by atoms with Gasteiger partial charge in [0.15, 0.2) is 0 Å². The molecule has 2 N–H and O–H groups in total. The van der Waals surface area contributed by atoms with Crippen LogP contribution >= 0.6 is 15.9 Å². The molecule has 1 aromatic rings. The van der Waals surface area contributed by atoms with E-state index in [1.54, 1.807) is 6.07 Å². The predicted molar refractivity (Wildman–Crippen MR) is 65.1 cm³/mol. The third-order valence-corrected chi connectivity index (χ3v) is 3.87. The topological polar surface area (TPSA) is 69.2 Å². The third-order valence-electron chi connectivity index (χ3n) is 3.41. The van der Waals surface area contributed by atoms with Gasteiger partial charge in [-0.1, -0.05) is 29.8 Å². The molecule has 1 aliphatic rings. The zero-order valence-corrected chi connectivity index (χ0v) is 10.7. The van der Waals surface area contributed by atoms with Crippen LogP contribution in [0.4, 0.5) is 5.69 Å². The van der Waals surface area contributed by atoms with Crippen molar-refractivity contribution < 1.29 is 4.92 Å². The van der Waals surface area contributed by atoms with E-state index in [-0.39, 0.29) is 11.1 Å². The highest BCUT2D eigenvalue weighted by Gasteiger charge is 2.59. The Hall–Kier alpha value is -0.940. The predicted octanol–water partition coefficient (Wildman–Crippen LogP) is 2.94. The Morgan fingerprint density at radius 1 is 1.44 bits per heavy atom. The summed E-state index contributed by atoms with van der Waals surface area (Å²) in [6.45, 7) is 4.14. The number of hydrogen-bond acceptors (Lipinski definition) is 3. The zero-order chi connectivity index (χ0) is 12.1. The first-order chi connectivity index (χ1) is 7.26. The van der Waals surface area contributed by atoms with Crippen LogP contribution in [0.3, 0.4) is 0 Å². The minimum absolute atomic E-state index is 0.0155. The molecule has 86 valence electrons. The van der Waals surface area contributed by atoms with Crippen molar-refractivity contribution in [2.75, 3.05) is 0 Å². The second kappa shape index (κ2) is 3.28. The standard InChI is InChI=1S/C11H13BrN2O2/c1-10(2)6-11(10,13)7-3-8(12)5-9(4-7)14(15)16/h3-5H,6,13H2,1-2H3. The second-order valence-corrected chi connectivity index (χ2v) is 5.90. The van der Waals surface area contributed by atoms with Crippen LogP contribution in [-0.2, 0) is 5.54 Å². The Morgan fingerprint density at radius 3 is 2.44 bits per heavy atom. The maximum atomic E-state index is 10.8. The maximum Gasteiger partial charge on any atom is 0.270 e. The van der Waals surface area contributed by atoms with Crippen LogP contribution in [-0.4, -0.2) is 4.92 Å². The molecule has 0 heterocycles. The highest BCUT2D eigenvalue weighted by atomic mass is 79.9. The number of hydrogen-bond donors (Lipinski definition) is 1. The molecule has 1 aliphatic carbocycles. The number of rotatable bonds is 2.